The molecule has 6 rings (SSSR count). The maximum absolute atomic E-state index is 13.8. The van der Waals surface area contributed by atoms with Gasteiger partial charge >= 0.3 is 23.9 Å². The fourth-order valence-electron chi connectivity index (χ4n) is 8.30. The van der Waals surface area contributed by atoms with E-state index in [4.69, 9.17) is 23.7 Å². The lowest BCUT2D eigenvalue weighted by molar-refractivity contribution is -0.341. The molecule has 0 radical (unpaired) electrons. The second-order valence-electron chi connectivity index (χ2n) is 13.8. The Morgan fingerprint density at radius 2 is 1.10 bits per heavy atom. The first kappa shape index (κ1) is 33.4. The molecule has 1 N–H and O–H groups in total. The third-order valence-corrected chi connectivity index (χ3v) is 10.4. The zero-order valence-electron chi connectivity index (χ0n) is 27.6. The maximum Gasteiger partial charge on any atom is 0.338 e. The van der Waals surface area contributed by atoms with Gasteiger partial charge in [-0.2, -0.15) is 0 Å². The minimum atomic E-state index is -1.87. The van der Waals surface area contributed by atoms with Crippen LogP contribution in [0.2, 0.25) is 0 Å². The molecule has 4 unspecified atom stereocenters. The van der Waals surface area contributed by atoms with E-state index in [9.17, 15) is 24.3 Å². The maximum atomic E-state index is 13.8. The number of hydrogen-bond donors (Lipinski definition) is 1. The van der Waals surface area contributed by atoms with Gasteiger partial charge in [-0.25, -0.2) is 14.4 Å². The molecular weight excluding hydrogens is 616 g/mol. The van der Waals surface area contributed by atoms with Crippen molar-refractivity contribution in [2.75, 3.05) is 0 Å². The zero-order chi connectivity index (χ0) is 34.5. The molecule has 2 saturated carbocycles. The van der Waals surface area contributed by atoms with Gasteiger partial charge in [0.15, 0.2) is 6.10 Å². The van der Waals surface area contributed by atoms with Gasteiger partial charge in [-0.3, -0.25) is 4.79 Å². The molecular formula is C38H40O10. The van der Waals surface area contributed by atoms with Crippen LogP contribution in [0.5, 0.6) is 0 Å². The first-order chi connectivity index (χ1) is 22.7. The Bertz CT molecular complexity index is 1690. The first-order valence-corrected chi connectivity index (χ1v) is 16.1. The SMILES string of the molecule is CC(=O)OC1C[C@@](C)(O)[C@]23OC(C)(C)[C@H](CC(OC(=O)c4ccccc4)[C@]2(C)C1OC(=O)c1ccccc1)C3OC(=O)c1ccccc1. The van der Waals surface area contributed by atoms with Crippen molar-refractivity contribution in [3.05, 3.63) is 108 Å². The summed E-state index contributed by atoms with van der Waals surface area (Å²) in [4.78, 5) is 53.8. The highest BCUT2D eigenvalue weighted by Crippen LogP contribution is 2.69. The zero-order valence-corrected chi connectivity index (χ0v) is 27.6. The third kappa shape index (κ3) is 5.37. The summed E-state index contributed by atoms with van der Waals surface area (Å²) < 4.78 is 31.7. The molecule has 48 heavy (non-hydrogen) atoms. The molecule has 1 saturated heterocycles. The highest BCUT2D eigenvalue weighted by molar-refractivity contribution is 5.91. The van der Waals surface area contributed by atoms with Crippen LogP contribution in [-0.4, -0.2) is 70.2 Å². The van der Waals surface area contributed by atoms with E-state index in [0.29, 0.717) is 5.56 Å². The molecule has 0 aromatic heterocycles. The van der Waals surface area contributed by atoms with Crippen molar-refractivity contribution >= 4 is 23.9 Å². The molecule has 252 valence electrons. The second kappa shape index (κ2) is 12.2. The van der Waals surface area contributed by atoms with Gasteiger partial charge in [0.1, 0.15) is 23.9 Å². The molecule has 3 aromatic rings. The predicted octanol–water partition coefficient (Wildman–Crippen LogP) is 5.32. The monoisotopic (exact) mass is 656 g/mol. The van der Waals surface area contributed by atoms with Crippen molar-refractivity contribution in [1.82, 2.24) is 0 Å². The quantitative estimate of drug-likeness (QED) is 0.263. The summed E-state index contributed by atoms with van der Waals surface area (Å²) in [5.74, 6) is -3.24. The summed E-state index contributed by atoms with van der Waals surface area (Å²) in [7, 11) is 0. The van der Waals surface area contributed by atoms with Gasteiger partial charge in [0.2, 0.25) is 0 Å². The van der Waals surface area contributed by atoms with Crippen LogP contribution in [0.1, 0.15) is 78.5 Å². The topological polar surface area (TPSA) is 135 Å². The molecule has 10 nitrogen and oxygen atoms in total. The molecule has 1 heterocycles. The van der Waals surface area contributed by atoms with E-state index in [2.05, 4.69) is 0 Å². The molecule has 1 aliphatic heterocycles. The van der Waals surface area contributed by atoms with Gasteiger partial charge < -0.3 is 28.8 Å². The lowest BCUT2D eigenvalue weighted by Crippen LogP contribution is -2.81. The molecule has 3 aromatic carbocycles. The van der Waals surface area contributed by atoms with Crippen molar-refractivity contribution in [2.24, 2.45) is 11.3 Å². The number of carbonyl (C=O) groups excluding carboxylic acids is 4. The van der Waals surface area contributed by atoms with Gasteiger partial charge in [0.05, 0.1) is 33.3 Å². The summed E-state index contributed by atoms with van der Waals surface area (Å²) in [6.07, 6.45) is -4.80. The van der Waals surface area contributed by atoms with Gasteiger partial charge in [-0.1, -0.05) is 54.6 Å². The lowest BCUT2D eigenvalue weighted by Gasteiger charge is -2.65. The smallest absolute Gasteiger partial charge is 0.338 e. The van der Waals surface area contributed by atoms with Crippen LogP contribution in [0.3, 0.4) is 0 Å². The normalized spacial score (nSPS) is 33.1. The average molecular weight is 657 g/mol. The summed E-state index contributed by atoms with van der Waals surface area (Å²) in [6, 6.07) is 25.2. The van der Waals surface area contributed by atoms with E-state index < -0.39 is 76.4 Å². The molecule has 10 heteroatoms. The van der Waals surface area contributed by atoms with E-state index in [0.717, 1.165) is 0 Å². The molecule has 3 fully saturated rings. The molecule has 2 bridgehead atoms. The van der Waals surface area contributed by atoms with Crippen molar-refractivity contribution in [3.63, 3.8) is 0 Å². The fraction of sp³-hybridized carbons (Fsp3) is 0.421. The molecule has 8 atom stereocenters. The Hall–Kier alpha value is -4.54. The van der Waals surface area contributed by atoms with Crippen LogP contribution in [0, 0.1) is 11.3 Å². The predicted molar refractivity (Wildman–Crippen MR) is 172 cm³/mol. The number of esters is 4. The summed E-state index contributed by atoms with van der Waals surface area (Å²) >= 11 is 0. The molecule has 3 aliphatic rings. The van der Waals surface area contributed by atoms with E-state index in [1.807, 2.05) is 13.8 Å². The number of benzene rings is 3. The molecule has 2 aliphatic carbocycles. The third-order valence-electron chi connectivity index (χ3n) is 10.4. The van der Waals surface area contributed by atoms with Gasteiger partial charge in [-0.15, -0.1) is 0 Å². The Balaban J connectivity index is 1.54. The van der Waals surface area contributed by atoms with E-state index in [-0.39, 0.29) is 24.0 Å². The van der Waals surface area contributed by atoms with Crippen molar-refractivity contribution < 1.29 is 48.0 Å². The Labute approximate surface area is 279 Å². The van der Waals surface area contributed by atoms with Crippen LogP contribution >= 0.6 is 0 Å². The van der Waals surface area contributed by atoms with Crippen LogP contribution in [0.25, 0.3) is 0 Å². The van der Waals surface area contributed by atoms with Gasteiger partial charge in [0, 0.05) is 19.3 Å². The minimum Gasteiger partial charge on any atom is -0.458 e. The van der Waals surface area contributed by atoms with E-state index in [1.165, 1.54) is 13.8 Å². The highest BCUT2D eigenvalue weighted by Gasteiger charge is 2.84. The minimum absolute atomic E-state index is 0.110. The van der Waals surface area contributed by atoms with Crippen LogP contribution in [-0.2, 0) is 28.5 Å². The van der Waals surface area contributed by atoms with E-state index >= 15 is 0 Å². The van der Waals surface area contributed by atoms with Crippen molar-refractivity contribution in [3.8, 4) is 0 Å². The van der Waals surface area contributed by atoms with Gasteiger partial charge in [0.25, 0.3) is 0 Å². The Kier molecular flexibility index (Phi) is 8.46. The largest absolute Gasteiger partial charge is 0.458 e. The summed E-state index contributed by atoms with van der Waals surface area (Å²) in [6.45, 7) is 8.10. The van der Waals surface area contributed by atoms with Gasteiger partial charge in [-0.05, 0) is 70.5 Å². The molecule has 1 spiro atoms. The highest BCUT2D eigenvalue weighted by atomic mass is 16.6. The number of aliphatic hydroxyl groups is 1. The standard InChI is InChI=1S/C38H40O10/c1-23(39)44-28-22-36(4,43)38-30(46-33(41)25-17-11-7-12-18-25)27(35(2,3)48-38)21-29(45-32(40)24-15-9-6-10-16-24)37(38,5)31(28)47-34(42)26-19-13-8-14-20-26/h6-20,27-31,43H,21-22H2,1-5H3/t27-,28?,29?,30?,31?,36-,37-,38+/m1/s1. The average Bonchev–Trinajstić information content (AvgIpc) is 3.24. The van der Waals surface area contributed by atoms with Crippen LogP contribution in [0.4, 0.5) is 0 Å². The Morgan fingerprint density at radius 1 is 0.667 bits per heavy atom. The van der Waals surface area contributed by atoms with Crippen LogP contribution in [0.15, 0.2) is 91.0 Å². The van der Waals surface area contributed by atoms with Crippen molar-refractivity contribution in [2.45, 2.75) is 88.7 Å². The first-order valence-electron chi connectivity index (χ1n) is 16.1. The van der Waals surface area contributed by atoms with Crippen molar-refractivity contribution in [1.29, 1.82) is 0 Å². The number of carbonyl (C=O) groups is 4. The summed E-state index contributed by atoms with van der Waals surface area (Å²) in [5, 5.41) is 12.6. The number of fused-ring (bicyclic) bond motifs is 1. The number of rotatable bonds is 7. The fourth-order valence-corrected chi connectivity index (χ4v) is 8.30. The van der Waals surface area contributed by atoms with Crippen LogP contribution < -0.4 is 0 Å². The second-order valence-corrected chi connectivity index (χ2v) is 13.8. The van der Waals surface area contributed by atoms with E-state index in [1.54, 1.807) is 97.9 Å². The Morgan fingerprint density at radius 3 is 1.56 bits per heavy atom. The lowest BCUT2D eigenvalue weighted by atomic mass is 9.47. The number of hydrogen-bond acceptors (Lipinski definition) is 10. The summed E-state index contributed by atoms with van der Waals surface area (Å²) in [5.41, 5.74) is -5.54. The number of ether oxygens (including phenoxy) is 5. The molecule has 0 amide bonds.